The second kappa shape index (κ2) is 5.21. The second-order valence-electron chi connectivity index (χ2n) is 3.51. The van der Waals surface area contributed by atoms with E-state index >= 15 is 0 Å². The van der Waals surface area contributed by atoms with Gasteiger partial charge in [0.1, 0.15) is 17.9 Å². The van der Waals surface area contributed by atoms with Crippen molar-refractivity contribution in [3.05, 3.63) is 22.6 Å². The summed E-state index contributed by atoms with van der Waals surface area (Å²) in [6.45, 7) is 4.12. The summed E-state index contributed by atoms with van der Waals surface area (Å²) in [5, 5.41) is 9.16. The standard InChI is InChI=1S/C11H15ClO3/c1-3-7(4-2)11-9(12)5-8(15-11)6-10(13)14/h5,7H,3-4,6H2,1-2H3,(H,13,14). The molecule has 0 radical (unpaired) electrons. The van der Waals surface area contributed by atoms with Crippen molar-refractivity contribution in [1.82, 2.24) is 0 Å². The Hall–Kier alpha value is -0.960. The number of carbonyl (C=O) groups is 1. The number of halogens is 1. The Morgan fingerprint density at radius 1 is 1.53 bits per heavy atom. The maximum absolute atomic E-state index is 10.5. The van der Waals surface area contributed by atoms with Gasteiger partial charge in [-0.2, -0.15) is 0 Å². The van der Waals surface area contributed by atoms with Crippen LogP contribution in [-0.4, -0.2) is 11.1 Å². The van der Waals surface area contributed by atoms with Gasteiger partial charge >= 0.3 is 5.97 Å². The fraction of sp³-hybridized carbons (Fsp3) is 0.545. The lowest BCUT2D eigenvalue weighted by molar-refractivity contribution is -0.136. The second-order valence-corrected chi connectivity index (χ2v) is 3.92. The van der Waals surface area contributed by atoms with E-state index in [-0.39, 0.29) is 12.3 Å². The van der Waals surface area contributed by atoms with Gasteiger partial charge in [-0.15, -0.1) is 0 Å². The van der Waals surface area contributed by atoms with Crippen LogP contribution in [0.5, 0.6) is 0 Å². The Kier molecular flexibility index (Phi) is 4.21. The molecule has 1 rings (SSSR count). The molecule has 1 heterocycles. The first kappa shape index (κ1) is 12.1. The lowest BCUT2D eigenvalue weighted by Crippen LogP contribution is -1.98. The van der Waals surface area contributed by atoms with Gasteiger partial charge in [-0.1, -0.05) is 25.4 Å². The fourth-order valence-electron chi connectivity index (χ4n) is 1.61. The molecule has 0 fully saturated rings. The minimum Gasteiger partial charge on any atom is -0.481 e. The Morgan fingerprint density at radius 2 is 2.13 bits per heavy atom. The van der Waals surface area contributed by atoms with Crippen LogP contribution < -0.4 is 0 Å². The van der Waals surface area contributed by atoms with Crippen LogP contribution in [0.15, 0.2) is 10.5 Å². The Labute approximate surface area is 94.0 Å². The summed E-state index contributed by atoms with van der Waals surface area (Å²) in [5.74, 6) is 0.517. The molecule has 3 nitrogen and oxygen atoms in total. The van der Waals surface area contributed by atoms with Crippen molar-refractivity contribution in [2.45, 2.75) is 39.0 Å². The van der Waals surface area contributed by atoms with Crippen molar-refractivity contribution in [2.24, 2.45) is 0 Å². The number of rotatable bonds is 5. The predicted molar refractivity (Wildman–Crippen MR) is 58.4 cm³/mol. The van der Waals surface area contributed by atoms with E-state index in [1.54, 1.807) is 6.07 Å². The lowest BCUT2D eigenvalue weighted by atomic mass is 10.0. The average molecular weight is 231 g/mol. The summed E-state index contributed by atoms with van der Waals surface area (Å²) in [6, 6.07) is 1.60. The highest BCUT2D eigenvalue weighted by atomic mass is 35.5. The van der Waals surface area contributed by atoms with Crippen LogP contribution in [0.4, 0.5) is 0 Å². The maximum Gasteiger partial charge on any atom is 0.311 e. The van der Waals surface area contributed by atoms with E-state index in [0.29, 0.717) is 10.8 Å². The maximum atomic E-state index is 10.5. The van der Waals surface area contributed by atoms with E-state index in [2.05, 4.69) is 13.8 Å². The van der Waals surface area contributed by atoms with Gasteiger partial charge in [-0.05, 0) is 18.9 Å². The van der Waals surface area contributed by atoms with Gasteiger partial charge in [0.05, 0.1) is 5.02 Å². The first-order valence-corrected chi connectivity index (χ1v) is 5.46. The first-order chi connectivity index (χ1) is 7.08. The van der Waals surface area contributed by atoms with Crippen molar-refractivity contribution in [2.75, 3.05) is 0 Å². The van der Waals surface area contributed by atoms with Crippen LogP contribution in [-0.2, 0) is 11.2 Å². The average Bonchev–Trinajstić information content (AvgIpc) is 2.48. The Balaban J connectivity index is 2.89. The van der Waals surface area contributed by atoms with Gasteiger partial charge in [0.2, 0.25) is 0 Å². The third-order valence-electron chi connectivity index (χ3n) is 2.45. The zero-order valence-electron chi connectivity index (χ0n) is 8.92. The molecule has 1 aromatic rings. The monoisotopic (exact) mass is 230 g/mol. The molecular formula is C11H15ClO3. The topological polar surface area (TPSA) is 50.4 Å². The number of furan rings is 1. The third kappa shape index (κ3) is 2.99. The smallest absolute Gasteiger partial charge is 0.311 e. The molecule has 0 aromatic carbocycles. The minimum absolute atomic E-state index is 0.111. The molecule has 1 aromatic heterocycles. The molecule has 0 atom stereocenters. The highest BCUT2D eigenvalue weighted by molar-refractivity contribution is 6.31. The Bertz CT molecular complexity index is 340. The van der Waals surface area contributed by atoms with Crippen LogP contribution >= 0.6 is 11.6 Å². The lowest BCUT2D eigenvalue weighted by Gasteiger charge is -2.08. The molecule has 0 bridgehead atoms. The zero-order valence-corrected chi connectivity index (χ0v) is 9.67. The third-order valence-corrected chi connectivity index (χ3v) is 2.74. The molecule has 0 saturated carbocycles. The summed E-state index contributed by atoms with van der Waals surface area (Å²) < 4.78 is 5.46. The van der Waals surface area contributed by atoms with Crippen molar-refractivity contribution in [3.63, 3.8) is 0 Å². The summed E-state index contributed by atoms with van der Waals surface area (Å²) in [5.41, 5.74) is 0. The van der Waals surface area contributed by atoms with Gasteiger partial charge in [0, 0.05) is 5.92 Å². The van der Waals surface area contributed by atoms with E-state index in [9.17, 15) is 4.79 Å². The van der Waals surface area contributed by atoms with Gasteiger partial charge in [-0.3, -0.25) is 4.79 Å². The molecule has 0 unspecified atom stereocenters. The highest BCUT2D eigenvalue weighted by Gasteiger charge is 2.18. The number of aliphatic carboxylic acids is 1. The van der Waals surface area contributed by atoms with Crippen LogP contribution in [0.2, 0.25) is 5.02 Å². The van der Waals surface area contributed by atoms with E-state index in [1.807, 2.05) is 0 Å². The molecule has 0 amide bonds. The number of carboxylic acids is 1. The van der Waals surface area contributed by atoms with Crippen molar-refractivity contribution >= 4 is 17.6 Å². The zero-order chi connectivity index (χ0) is 11.4. The van der Waals surface area contributed by atoms with Gasteiger partial charge in [0.15, 0.2) is 0 Å². The van der Waals surface area contributed by atoms with Crippen LogP contribution in [0.3, 0.4) is 0 Å². The molecule has 0 saturated heterocycles. The number of hydrogen-bond donors (Lipinski definition) is 1. The molecule has 0 aliphatic carbocycles. The van der Waals surface area contributed by atoms with Gasteiger partial charge in [0.25, 0.3) is 0 Å². The summed E-state index contributed by atoms with van der Waals surface area (Å²) in [4.78, 5) is 10.5. The molecule has 0 aliphatic heterocycles. The molecule has 84 valence electrons. The first-order valence-electron chi connectivity index (χ1n) is 5.08. The summed E-state index contributed by atoms with van der Waals surface area (Å²) >= 11 is 5.99. The van der Waals surface area contributed by atoms with E-state index in [0.717, 1.165) is 18.6 Å². The molecule has 0 aliphatic rings. The van der Waals surface area contributed by atoms with Crippen molar-refractivity contribution in [3.8, 4) is 0 Å². The fourth-order valence-corrected chi connectivity index (χ4v) is 1.92. The normalized spacial score (nSPS) is 10.9. The van der Waals surface area contributed by atoms with Gasteiger partial charge < -0.3 is 9.52 Å². The number of carboxylic acid groups (broad SMARTS) is 1. The molecule has 15 heavy (non-hydrogen) atoms. The molecule has 1 N–H and O–H groups in total. The molecular weight excluding hydrogens is 216 g/mol. The number of hydrogen-bond acceptors (Lipinski definition) is 2. The van der Waals surface area contributed by atoms with E-state index < -0.39 is 5.97 Å². The molecule has 4 heteroatoms. The highest BCUT2D eigenvalue weighted by Crippen LogP contribution is 2.32. The predicted octanol–water partition coefficient (Wildman–Crippen LogP) is 3.46. The van der Waals surface area contributed by atoms with Crippen LogP contribution in [0.1, 0.15) is 44.1 Å². The largest absolute Gasteiger partial charge is 0.481 e. The van der Waals surface area contributed by atoms with Crippen molar-refractivity contribution in [1.29, 1.82) is 0 Å². The quantitative estimate of drug-likeness (QED) is 0.843. The van der Waals surface area contributed by atoms with E-state index in [4.69, 9.17) is 21.1 Å². The van der Waals surface area contributed by atoms with Crippen LogP contribution in [0, 0.1) is 0 Å². The van der Waals surface area contributed by atoms with E-state index in [1.165, 1.54) is 0 Å². The summed E-state index contributed by atoms with van der Waals surface area (Å²) in [7, 11) is 0. The summed E-state index contributed by atoms with van der Waals surface area (Å²) in [6.07, 6.45) is 1.77. The van der Waals surface area contributed by atoms with Crippen molar-refractivity contribution < 1.29 is 14.3 Å². The Morgan fingerprint density at radius 3 is 2.60 bits per heavy atom. The van der Waals surface area contributed by atoms with Crippen LogP contribution in [0.25, 0.3) is 0 Å². The van der Waals surface area contributed by atoms with Gasteiger partial charge in [-0.25, -0.2) is 0 Å². The minimum atomic E-state index is -0.906. The molecule has 0 spiro atoms. The SMILES string of the molecule is CCC(CC)c1oc(CC(=O)O)cc1Cl.